The highest BCUT2D eigenvalue weighted by Crippen LogP contribution is 1.96. The first-order chi connectivity index (χ1) is 4.84. The second-order valence-corrected chi connectivity index (χ2v) is 1.82. The Morgan fingerprint density at radius 2 is 1.90 bits per heavy atom. The summed E-state index contributed by atoms with van der Waals surface area (Å²) in [6.45, 7) is 0. The highest BCUT2D eigenvalue weighted by molar-refractivity contribution is 5.94. The van der Waals surface area contributed by atoms with Gasteiger partial charge in [-0.05, 0) is 12.1 Å². The number of hydrogen-bond acceptors (Lipinski definition) is 1. The van der Waals surface area contributed by atoms with Crippen LogP contribution in [0.4, 0.5) is 0 Å². The van der Waals surface area contributed by atoms with Crippen LogP contribution in [-0.4, -0.2) is 5.91 Å². The normalized spacial score (nSPS) is 8.90. The molecule has 1 amide bonds. The lowest BCUT2D eigenvalue weighted by Gasteiger charge is -1.95. The van der Waals surface area contributed by atoms with Crippen molar-refractivity contribution < 1.29 is 4.79 Å². The molecule has 0 spiro atoms. The SMILES string of the molecule is [C]NC(=O)c1ccccc1. The molecule has 2 nitrogen and oxygen atoms in total. The molecule has 49 valence electrons. The summed E-state index contributed by atoms with van der Waals surface area (Å²) in [7, 11) is 6.55. The largest absolute Gasteiger partial charge is 0.339 e. The van der Waals surface area contributed by atoms with Gasteiger partial charge in [0.25, 0.3) is 5.91 Å². The van der Waals surface area contributed by atoms with Gasteiger partial charge in [-0.25, -0.2) is 0 Å². The van der Waals surface area contributed by atoms with E-state index in [0.29, 0.717) is 5.56 Å². The van der Waals surface area contributed by atoms with E-state index in [4.69, 9.17) is 7.05 Å². The second kappa shape index (κ2) is 3.01. The molecule has 3 radical (unpaired) electrons. The summed E-state index contributed by atoms with van der Waals surface area (Å²) in [4.78, 5) is 10.7. The fraction of sp³-hybridized carbons (Fsp3) is 0. The highest BCUT2D eigenvalue weighted by atomic mass is 16.1. The summed E-state index contributed by atoms with van der Waals surface area (Å²) in [5, 5.41) is 1.79. The van der Waals surface area contributed by atoms with Crippen LogP contribution in [0.5, 0.6) is 0 Å². The molecule has 0 saturated heterocycles. The van der Waals surface area contributed by atoms with Crippen LogP contribution in [0.2, 0.25) is 0 Å². The molecular formula is C8H6NO. The van der Waals surface area contributed by atoms with Crippen LogP contribution in [0.3, 0.4) is 0 Å². The van der Waals surface area contributed by atoms with E-state index >= 15 is 0 Å². The van der Waals surface area contributed by atoms with Gasteiger partial charge in [0.15, 0.2) is 0 Å². The predicted molar refractivity (Wildman–Crippen MR) is 37.2 cm³/mol. The molecule has 0 aromatic heterocycles. The number of rotatable bonds is 1. The van der Waals surface area contributed by atoms with E-state index in [1.165, 1.54) is 0 Å². The molecule has 0 bridgehead atoms. The predicted octanol–water partition coefficient (Wildman–Crippen LogP) is 0.962. The van der Waals surface area contributed by atoms with Crippen LogP contribution in [0.15, 0.2) is 30.3 Å². The Bertz CT molecular complexity index is 218. The molecule has 0 heterocycles. The maximum Gasteiger partial charge on any atom is 0.251 e. The van der Waals surface area contributed by atoms with Crippen LogP contribution in [-0.2, 0) is 0 Å². The minimum absolute atomic E-state index is 0.374. The number of carbonyl (C=O) groups is 1. The zero-order valence-corrected chi connectivity index (χ0v) is 5.29. The van der Waals surface area contributed by atoms with Gasteiger partial charge in [-0.3, -0.25) is 4.79 Å². The average molecular weight is 132 g/mol. The van der Waals surface area contributed by atoms with Gasteiger partial charge in [0.2, 0.25) is 0 Å². The minimum Gasteiger partial charge on any atom is -0.339 e. The van der Waals surface area contributed by atoms with Gasteiger partial charge in [-0.15, -0.1) is 0 Å². The van der Waals surface area contributed by atoms with Gasteiger partial charge in [0, 0.05) is 5.56 Å². The molecular weight excluding hydrogens is 126 g/mol. The lowest BCUT2D eigenvalue weighted by Crippen LogP contribution is -2.14. The maximum atomic E-state index is 10.7. The first-order valence-corrected chi connectivity index (χ1v) is 2.86. The Labute approximate surface area is 59.9 Å². The molecule has 1 N–H and O–H groups in total. The Morgan fingerprint density at radius 1 is 1.30 bits per heavy atom. The quantitative estimate of drug-likeness (QED) is 0.605. The first-order valence-electron chi connectivity index (χ1n) is 2.86. The molecule has 0 aliphatic carbocycles. The number of benzene rings is 1. The van der Waals surface area contributed by atoms with Gasteiger partial charge in [0.05, 0.1) is 0 Å². The summed E-state index contributed by atoms with van der Waals surface area (Å²) < 4.78 is 0. The van der Waals surface area contributed by atoms with E-state index < -0.39 is 0 Å². The molecule has 1 rings (SSSR count). The summed E-state index contributed by atoms with van der Waals surface area (Å²) >= 11 is 0. The van der Waals surface area contributed by atoms with E-state index in [1.807, 2.05) is 6.07 Å². The van der Waals surface area contributed by atoms with Crippen molar-refractivity contribution in [1.82, 2.24) is 5.32 Å². The molecule has 1 aromatic carbocycles. The topological polar surface area (TPSA) is 29.1 Å². The summed E-state index contributed by atoms with van der Waals surface area (Å²) in [5.41, 5.74) is 0.512. The van der Waals surface area contributed by atoms with Crippen LogP contribution >= 0.6 is 0 Å². The molecule has 0 fully saturated rings. The summed E-state index contributed by atoms with van der Waals surface area (Å²) in [6, 6.07) is 8.64. The van der Waals surface area contributed by atoms with Gasteiger partial charge < -0.3 is 5.32 Å². The number of nitrogens with one attached hydrogen (secondary N) is 1. The molecule has 0 atom stereocenters. The van der Waals surface area contributed by atoms with Crippen molar-refractivity contribution in [3.8, 4) is 0 Å². The van der Waals surface area contributed by atoms with Crippen molar-refractivity contribution in [2.45, 2.75) is 0 Å². The summed E-state index contributed by atoms with van der Waals surface area (Å²) in [6.07, 6.45) is 0. The maximum absolute atomic E-state index is 10.7. The minimum atomic E-state index is -0.374. The zero-order chi connectivity index (χ0) is 7.40. The van der Waals surface area contributed by atoms with Crippen LogP contribution < -0.4 is 5.32 Å². The molecule has 2 heteroatoms. The van der Waals surface area contributed by atoms with E-state index in [0.717, 1.165) is 0 Å². The van der Waals surface area contributed by atoms with Crippen LogP contribution in [0.1, 0.15) is 10.4 Å². The van der Waals surface area contributed by atoms with E-state index in [2.05, 4.69) is 0 Å². The van der Waals surface area contributed by atoms with Crippen molar-refractivity contribution in [3.05, 3.63) is 42.9 Å². The Balaban J connectivity index is 2.85. The average Bonchev–Trinajstić information content (AvgIpc) is 2.05. The third kappa shape index (κ3) is 1.35. The smallest absolute Gasteiger partial charge is 0.251 e. The number of amides is 1. The standard InChI is InChI=1S/C8H6NO/c1-9-8(10)7-5-3-2-4-6-7/h2-6H,(H,9,10). The van der Waals surface area contributed by atoms with Crippen molar-refractivity contribution >= 4 is 5.91 Å². The van der Waals surface area contributed by atoms with E-state index in [-0.39, 0.29) is 5.91 Å². The van der Waals surface area contributed by atoms with E-state index in [9.17, 15) is 4.79 Å². The fourth-order valence-corrected chi connectivity index (χ4v) is 0.662. The third-order valence-electron chi connectivity index (χ3n) is 1.15. The van der Waals surface area contributed by atoms with Crippen LogP contribution in [0.25, 0.3) is 0 Å². The lowest BCUT2D eigenvalue weighted by atomic mass is 10.2. The van der Waals surface area contributed by atoms with Gasteiger partial charge in [-0.2, -0.15) is 0 Å². The first kappa shape index (κ1) is 6.81. The van der Waals surface area contributed by atoms with Crippen molar-refractivity contribution in [3.63, 3.8) is 0 Å². The Hall–Kier alpha value is -1.31. The molecule has 0 aliphatic rings. The Morgan fingerprint density at radius 3 is 2.40 bits per heavy atom. The molecule has 1 aromatic rings. The molecule has 0 saturated carbocycles. The second-order valence-electron chi connectivity index (χ2n) is 1.82. The third-order valence-corrected chi connectivity index (χ3v) is 1.15. The number of carbonyl (C=O) groups excluding carboxylic acids is 1. The van der Waals surface area contributed by atoms with Crippen molar-refractivity contribution in [1.29, 1.82) is 0 Å². The van der Waals surface area contributed by atoms with Crippen molar-refractivity contribution in [2.75, 3.05) is 0 Å². The Kier molecular flexibility index (Phi) is 2.05. The monoisotopic (exact) mass is 132 g/mol. The zero-order valence-electron chi connectivity index (χ0n) is 5.29. The molecule has 0 aliphatic heterocycles. The molecule has 0 unspecified atom stereocenters. The number of hydrogen-bond donors (Lipinski definition) is 1. The van der Waals surface area contributed by atoms with Crippen LogP contribution in [0, 0.1) is 7.05 Å². The van der Waals surface area contributed by atoms with Crippen molar-refractivity contribution in [2.24, 2.45) is 0 Å². The van der Waals surface area contributed by atoms with Gasteiger partial charge in [-0.1, -0.05) is 18.2 Å². The highest BCUT2D eigenvalue weighted by Gasteiger charge is 1.98. The fourth-order valence-electron chi connectivity index (χ4n) is 0.662. The lowest BCUT2D eigenvalue weighted by molar-refractivity contribution is 0.0969. The van der Waals surface area contributed by atoms with Gasteiger partial charge >= 0.3 is 0 Å². The summed E-state index contributed by atoms with van der Waals surface area (Å²) in [5.74, 6) is -0.374. The van der Waals surface area contributed by atoms with E-state index in [1.54, 1.807) is 29.6 Å². The molecule has 10 heavy (non-hydrogen) atoms. The van der Waals surface area contributed by atoms with Gasteiger partial charge in [0.1, 0.15) is 7.05 Å².